The van der Waals surface area contributed by atoms with E-state index in [1.54, 1.807) is 13.0 Å². The molecule has 1 aliphatic carbocycles. The van der Waals surface area contributed by atoms with Crippen LogP contribution in [0, 0.1) is 12.7 Å². The minimum absolute atomic E-state index is 0.209. The maximum atomic E-state index is 12.8. The molecule has 0 aliphatic heterocycles. The molecule has 16 heavy (non-hydrogen) atoms. The van der Waals surface area contributed by atoms with E-state index in [0.29, 0.717) is 11.7 Å². The van der Waals surface area contributed by atoms with E-state index in [0.717, 1.165) is 18.4 Å². The Morgan fingerprint density at radius 3 is 2.75 bits per heavy atom. The third-order valence-electron chi connectivity index (χ3n) is 2.88. The number of anilines is 1. The lowest BCUT2D eigenvalue weighted by molar-refractivity contribution is 0.240. The molecule has 1 fully saturated rings. The van der Waals surface area contributed by atoms with Crippen molar-refractivity contribution in [3.05, 3.63) is 29.6 Å². The second-order valence-electron chi connectivity index (χ2n) is 4.19. The first-order valence-electron chi connectivity index (χ1n) is 5.49. The number of benzene rings is 1. The van der Waals surface area contributed by atoms with Crippen molar-refractivity contribution in [3.63, 3.8) is 0 Å². The van der Waals surface area contributed by atoms with E-state index in [9.17, 15) is 9.18 Å². The summed E-state index contributed by atoms with van der Waals surface area (Å²) in [5.41, 5.74) is 1.38. The molecule has 2 N–H and O–H groups in total. The number of carbonyl (C=O) groups excluding carboxylic acids is 1. The molecule has 0 aromatic heterocycles. The SMILES string of the molecule is Cc1cc(F)ccc1NC(=O)NC1CCC1. The lowest BCUT2D eigenvalue weighted by atomic mass is 9.93. The predicted molar refractivity (Wildman–Crippen MR) is 60.9 cm³/mol. The van der Waals surface area contributed by atoms with Gasteiger partial charge in [0.15, 0.2) is 0 Å². The van der Waals surface area contributed by atoms with Crippen LogP contribution in [0.1, 0.15) is 24.8 Å². The van der Waals surface area contributed by atoms with Crippen LogP contribution in [0.15, 0.2) is 18.2 Å². The van der Waals surface area contributed by atoms with Crippen LogP contribution >= 0.6 is 0 Å². The number of nitrogens with one attached hydrogen (secondary N) is 2. The van der Waals surface area contributed by atoms with Crippen molar-refractivity contribution >= 4 is 11.7 Å². The number of aryl methyl sites for hydroxylation is 1. The number of hydrogen-bond acceptors (Lipinski definition) is 1. The zero-order chi connectivity index (χ0) is 11.5. The molecule has 4 heteroatoms. The number of hydrogen-bond donors (Lipinski definition) is 2. The van der Waals surface area contributed by atoms with Crippen LogP contribution in [0.5, 0.6) is 0 Å². The molecule has 0 unspecified atom stereocenters. The summed E-state index contributed by atoms with van der Waals surface area (Å²) in [6, 6.07) is 4.41. The summed E-state index contributed by atoms with van der Waals surface area (Å²) in [7, 11) is 0. The number of halogens is 1. The van der Waals surface area contributed by atoms with Gasteiger partial charge in [-0.1, -0.05) is 0 Å². The summed E-state index contributed by atoms with van der Waals surface area (Å²) in [5, 5.41) is 5.58. The van der Waals surface area contributed by atoms with Gasteiger partial charge in [0.25, 0.3) is 0 Å². The zero-order valence-electron chi connectivity index (χ0n) is 9.22. The second-order valence-corrected chi connectivity index (χ2v) is 4.19. The molecule has 1 aliphatic rings. The van der Waals surface area contributed by atoms with Crippen molar-refractivity contribution in [2.45, 2.75) is 32.2 Å². The number of carbonyl (C=O) groups is 1. The quantitative estimate of drug-likeness (QED) is 0.793. The van der Waals surface area contributed by atoms with Gasteiger partial charge in [-0.3, -0.25) is 0 Å². The Bertz CT molecular complexity index is 402. The highest BCUT2D eigenvalue weighted by Crippen LogP contribution is 2.19. The first kappa shape index (κ1) is 10.9. The third-order valence-corrected chi connectivity index (χ3v) is 2.88. The molecule has 86 valence electrons. The molecule has 0 atom stereocenters. The number of urea groups is 1. The summed E-state index contributed by atoms with van der Waals surface area (Å²) in [6.07, 6.45) is 3.28. The van der Waals surface area contributed by atoms with Crippen molar-refractivity contribution in [2.24, 2.45) is 0 Å². The Morgan fingerprint density at radius 2 is 2.19 bits per heavy atom. The Labute approximate surface area is 94.0 Å². The minimum Gasteiger partial charge on any atom is -0.335 e. The molecular formula is C12H15FN2O. The molecule has 0 saturated heterocycles. The van der Waals surface area contributed by atoms with E-state index in [4.69, 9.17) is 0 Å². The molecule has 0 bridgehead atoms. The maximum absolute atomic E-state index is 12.8. The van der Waals surface area contributed by atoms with E-state index >= 15 is 0 Å². The summed E-state index contributed by atoms with van der Waals surface area (Å²) in [5.74, 6) is -0.289. The van der Waals surface area contributed by atoms with Gasteiger partial charge >= 0.3 is 6.03 Å². The molecule has 2 rings (SSSR count). The fourth-order valence-corrected chi connectivity index (χ4v) is 1.66. The molecular weight excluding hydrogens is 207 g/mol. The fraction of sp³-hybridized carbons (Fsp3) is 0.417. The van der Waals surface area contributed by atoms with Crippen LogP contribution in [0.3, 0.4) is 0 Å². The number of rotatable bonds is 2. The smallest absolute Gasteiger partial charge is 0.319 e. The fourth-order valence-electron chi connectivity index (χ4n) is 1.66. The third kappa shape index (κ3) is 2.51. The van der Waals surface area contributed by atoms with E-state index in [1.807, 2.05) is 0 Å². The second kappa shape index (κ2) is 4.51. The molecule has 2 amide bonds. The van der Waals surface area contributed by atoms with Crippen LogP contribution in [0.25, 0.3) is 0 Å². The lowest BCUT2D eigenvalue weighted by Crippen LogP contribution is -2.41. The molecule has 0 spiro atoms. The van der Waals surface area contributed by atoms with Gasteiger partial charge in [0, 0.05) is 11.7 Å². The average Bonchev–Trinajstić information content (AvgIpc) is 2.16. The van der Waals surface area contributed by atoms with E-state index < -0.39 is 0 Å². The lowest BCUT2D eigenvalue weighted by Gasteiger charge is -2.26. The van der Waals surface area contributed by atoms with E-state index in [1.165, 1.54) is 18.6 Å². The van der Waals surface area contributed by atoms with Crippen LogP contribution in [0.2, 0.25) is 0 Å². The van der Waals surface area contributed by atoms with Gasteiger partial charge in [-0.05, 0) is 49.9 Å². The van der Waals surface area contributed by atoms with E-state index in [2.05, 4.69) is 10.6 Å². The molecule has 0 radical (unpaired) electrons. The van der Waals surface area contributed by atoms with Gasteiger partial charge < -0.3 is 10.6 Å². The standard InChI is InChI=1S/C12H15FN2O/c1-8-7-9(13)5-6-11(8)15-12(16)14-10-3-2-4-10/h5-7,10H,2-4H2,1H3,(H2,14,15,16). The highest BCUT2D eigenvalue weighted by molar-refractivity contribution is 5.90. The largest absolute Gasteiger partial charge is 0.335 e. The predicted octanol–water partition coefficient (Wildman–Crippen LogP) is 2.81. The first-order valence-corrected chi connectivity index (χ1v) is 5.49. The van der Waals surface area contributed by atoms with Crippen LogP contribution in [-0.2, 0) is 0 Å². The molecule has 1 aromatic rings. The minimum atomic E-state index is -0.289. The molecule has 3 nitrogen and oxygen atoms in total. The Hall–Kier alpha value is -1.58. The summed E-state index contributed by atoms with van der Waals surface area (Å²) >= 11 is 0. The highest BCUT2D eigenvalue weighted by Gasteiger charge is 2.19. The first-order chi connectivity index (χ1) is 7.65. The van der Waals surface area contributed by atoms with Crippen LogP contribution < -0.4 is 10.6 Å². The van der Waals surface area contributed by atoms with Gasteiger partial charge in [0.1, 0.15) is 5.82 Å². The monoisotopic (exact) mass is 222 g/mol. The normalized spacial score (nSPS) is 15.4. The molecule has 0 heterocycles. The van der Waals surface area contributed by atoms with Gasteiger partial charge in [-0.2, -0.15) is 0 Å². The molecule has 1 aromatic carbocycles. The maximum Gasteiger partial charge on any atom is 0.319 e. The van der Waals surface area contributed by atoms with Crippen molar-refractivity contribution in [2.75, 3.05) is 5.32 Å². The zero-order valence-corrected chi connectivity index (χ0v) is 9.22. The molecule has 1 saturated carbocycles. The Morgan fingerprint density at radius 1 is 1.44 bits per heavy atom. The van der Waals surface area contributed by atoms with Gasteiger partial charge in [0.2, 0.25) is 0 Å². The Kier molecular flexibility index (Phi) is 3.08. The average molecular weight is 222 g/mol. The van der Waals surface area contributed by atoms with Crippen LogP contribution in [0.4, 0.5) is 14.9 Å². The highest BCUT2D eigenvalue weighted by atomic mass is 19.1. The topological polar surface area (TPSA) is 41.1 Å². The van der Waals surface area contributed by atoms with Crippen molar-refractivity contribution < 1.29 is 9.18 Å². The van der Waals surface area contributed by atoms with Gasteiger partial charge in [0.05, 0.1) is 0 Å². The summed E-state index contributed by atoms with van der Waals surface area (Å²) in [6.45, 7) is 1.77. The van der Waals surface area contributed by atoms with Crippen molar-refractivity contribution in [1.29, 1.82) is 0 Å². The van der Waals surface area contributed by atoms with Crippen LogP contribution in [-0.4, -0.2) is 12.1 Å². The van der Waals surface area contributed by atoms with Crippen molar-refractivity contribution in [3.8, 4) is 0 Å². The van der Waals surface area contributed by atoms with Gasteiger partial charge in [-0.15, -0.1) is 0 Å². The number of amides is 2. The Balaban J connectivity index is 1.94. The summed E-state index contributed by atoms with van der Waals surface area (Å²) in [4.78, 5) is 11.5. The van der Waals surface area contributed by atoms with Gasteiger partial charge in [-0.25, -0.2) is 9.18 Å². The van der Waals surface area contributed by atoms with E-state index in [-0.39, 0.29) is 11.8 Å². The summed E-state index contributed by atoms with van der Waals surface area (Å²) < 4.78 is 12.8. The van der Waals surface area contributed by atoms with Crippen molar-refractivity contribution in [1.82, 2.24) is 5.32 Å².